The quantitative estimate of drug-likeness (QED) is 0.626. The number of hydrogen-bond acceptors (Lipinski definition) is 3. The molecule has 0 amide bonds. The molecule has 5 heteroatoms. The van der Waals surface area contributed by atoms with Crippen molar-refractivity contribution in [2.75, 3.05) is 26.2 Å². The fourth-order valence-electron chi connectivity index (χ4n) is 2.94. The Morgan fingerprint density at radius 3 is 3.00 bits per heavy atom. The fourth-order valence-corrected chi connectivity index (χ4v) is 3.60. The van der Waals surface area contributed by atoms with Crippen molar-refractivity contribution in [2.45, 2.75) is 38.8 Å². The Bertz CT molecular complexity index is 453. The molecule has 1 aromatic rings. The van der Waals surface area contributed by atoms with Crippen LogP contribution in [0.3, 0.4) is 0 Å². The van der Waals surface area contributed by atoms with Crippen LogP contribution in [0.4, 0.5) is 0 Å². The normalized spacial score (nSPS) is 23.5. The van der Waals surface area contributed by atoms with E-state index in [4.69, 9.17) is 0 Å². The van der Waals surface area contributed by atoms with E-state index in [1.807, 2.05) is 0 Å². The molecule has 1 atom stereocenters. The lowest BCUT2D eigenvalue weighted by molar-refractivity contribution is 0.314. The molecule has 2 heterocycles. The minimum Gasteiger partial charge on any atom is -0.357 e. The zero-order chi connectivity index (χ0) is 14.5. The molecule has 4 nitrogen and oxygen atoms in total. The van der Waals surface area contributed by atoms with E-state index in [1.165, 1.54) is 37.9 Å². The van der Waals surface area contributed by atoms with Crippen LogP contribution in [0, 0.1) is 5.92 Å². The van der Waals surface area contributed by atoms with Gasteiger partial charge < -0.3 is 15.5 Å². The first-order chi connectivity index (χ1) is 10.3. The number of guanidine groups is 1. The fraction of sp³-hybridized carbons (Fsp3) is 0.688. The monoisotopic (exact) mass is 306 g/mol. The maximum Gasteiger partial charge on any atom is 0.191 e. The van der Waals surface area contributed by atoms with Gasteiger partial charge in [-0.15, -0.1) is 0 Å². The Balaban J connectivity index is 1.44. The lowest BCUT2D eigenvalue weighted by Crippen LogP contribution is -2.40. The zero-order valence-electron chi connectivity index (χ0n) is 12.8. The highest BCUT2D eigenvalue weighted by atomic mass is 32.1. The Kier molecular flexibility index (Phi) is 5.14. The summed E-state index contributed by atoms with van der Waals surface area (Å²) in [6.07, 6.45) is 4.17. The molecule has 2 fully saturated rings. The smallest absolute Gasteiger partial charge is 0.191 e. The van der Waals surface area contributed by atoms with E-state index < -0.39 is 0 Å². The van der Waals surface area contributed by atoms with Gasteiger partial charge >= 0.3 is 0 Å². The van der Waals surface area contributed by atoms with E-state index in [0.717, 1.165) is 37.6 Å². The maximum absolute atomic E-state index is 4.67. The van der Waals surface area contributed by atoms with E-state index in [0.29, 0.717) is 0 Å². The van der Waals surface area contributed by atoms with Gasteiger partial charge in [0, 0.05) is 25.7 Å². The molecular weight excluding hydrogens is 280 g/mol. The number of nitrogens with zero attached hydrogens (tertiary/aromatic N) is 2. The number of aliphatic imine (C=N–C) groups is 1. The van der Waals surface area contributed by atoms with Crippen LogP contribution in [0.5, 0.6) is 0 Å². The van der Waals surface area contributed by atoms with Crippen molar-refractivity contribution >= 4 is 17.3 Å². The Hall–Kier alpha value is -1.07. The summed E-state index contributed by atoms with van der Waals surface area (Å²) in [5, 5.41) is 11.1. The number of rotatable bonds is 6. The van der Waals surface area contributed by atoms with Crippen molar-refractivity contribution in [3.8, 4) is 0 Å². The average molecular weight is 306 g/mol. The summed E-state index contributed by atoms with van der Waals surface area (Å²) in [5.74, 6) is 1.73. The second-order valence-electron chi connectivity index (χ2n) is 6.09. The molecule has 21 heavy (non-hydrogen) atoms. The highest BCUT2D eigenvalue weighted by Gasteiger charge is 2.34. The van der Waals surface area contributed by atoms with Crippen LogP contribution >= 0.6 is 11.3 Å². The van der Waals surface area contributed by atoms with Gasteiger partial charge in [0.25, 0.3) is 0 Å². The lowest BCUT2D eigenvalue weighted by atomic mass is 10.1. The zero-order valence-corrected chi connectivity index (χ0v) is 13.7. The third kappa shape index (κ3) is 4.45. The van der Waals surface area contributed by atoms with Crippen molar-refractivity contribution in [3.63, 3.8) is 0 Å². The summed E-state index contributed by atoms with van der Waals surface area (Å²) in [7, 11) is 0. The number of nitrogens with one attached hydrogen (secondary N) is 2. The van der Waals surface area contributed by atoms with Crippen LogP contribution in [-0.2, 0) is 6.54 Å². The molecule has 2 N–H and O–H groups in total. The predicted molar refractivity (Wildman–Crippen MR) is 89.8 cm³/mol. The van der Waals surface area contributed by atoms with E-state index in [-0.39, 0.29) is 0 Å². The summed E-state index contributed by atoms with van der Waals surface area (Å²) in [4.78, 5) is 7.34. The largest absolute Gasteiger partial charge is 0.357 e. The summed E-state index contributed by atoms with van der Waals surface area (Å²) in [6, 6.07) is 3.05. The molecule has 3 rings (SSSR count). The molecule has 0 radical (unpaired) electrons. The molecule has 1 aliphatic carbocycles. The summed E-state index contributed by atoms with van der Waals surface area (Å²) < 4.78 is 0. The molecule has 1 saturated heterocycles. The van der Waals surface area contributed by atoms with Gasteiger partial charge in [-0.05, 0) is 61.0 Å². The molecular formula is C16H26N4S. The van der Waals surface area contributed by atoms with Gasteiger partial charge in [0.2, 0.25) is 0 Å². The maximum atomic E-state index is 4.67. The van der Waals surface area contributed by atoms with Crippen LogP contribution in [0.25, 0.3) is 0 Å². The molecule has 0 spiro atoms. The topological polar surface area (TPSA) is 39.7 Å². The van der Waals surface area contributed by atoms with Crippen LogP contribution in [0.2, 0.25) is 0 Å². The lowest BCUT2D eigenvalue weighted by Gasteiger charge is -2.17. The Morgan fingerprint density at radius 2 is 2.29 bits per heavy atom. The van der Waals surface area contributed by atoms with Crippen LogP contribution in [0.1, 0.15) is 31.7 Å². The molecule has 1 saturated carbocycles. The van der Waals surface area contributed by atoms with Gasteiger partial charge in [-0.1, -0.05) is 0 Å². The second kappa shape index (κ2) is 7.27. The molecule has 116 valence electrons. The van der Waals surface area contributed by atoms with Crippen molar-refractivity contribution in [3.05, 3.63) is 22.4 Å². The van der Waals surface area contributed by atoms with Crippen molar-refractivity contribution in [1.29, 1.82) is 0 Å². The molecule has 2 aliphatic rings. The highest BCUT2D eigenvalue weighted by molar-refractivity contribution is 7.07. The van der Waals surface area contributed by atoms with E-state index >= 15 is 0 Å². The molecule has 1 aliphatic heterocycles. The minimum atomic E-state index is 0.762. The molecule has 0 aromatic carbocycles. The van der Waals surface area contributed by atoms with Gasteiger partial charge in [-0.3, -0.25) is 0 Å². The first-order valence-corrected chi connectivity index (χ1v) is 9.06. The predicted octanol–water partition coefficient (Wildman–Crippen LogP) is 2.29. The Morgan fingerprint density at radius 1 is 1.38 bits per heavy atom. The molecule has 1 aromatic heterocycles. The second-order valence-corrected chi connectivity index (χ2v) is 6.87. The summed E-state index contributed by atoms with van der Waals surface area (Å²) >= 11 is 1.73. The van der Waals surface area contributed by atoms with Crippen molar-refractivity contribution in [1.82, 2.24) is 15.5 Å². The standard InChI is InChI=1S/C16H26N4S/c1-2-17-16(19-10-14-6-8-21-12-14)18-9-13-5-7-20(11-13)15-3-4-15/h6,8,12-13,15H,2-5,7,9-11H2,1H3,(H2,17,18,19). The van der Waals surface area contributed by atoms with E-state index in [9.17, 15) is 0 Å². The minimum absolute atomic E-state index is 0.762. The van der Waals surface area contributed by atoms with Crippen molar-refractivity contribution < 1.29 is 0 Å². The summed E-state index contributed by atoms with van der Waals surface area (Å²) in [6.45, 7) is 7.39. The third-order valence-electron chi connectivity index (χ3n) is 4.28. The average Bonchev–Trinajstić information content (AvgIpc) is 3.03. The Labute approximate surface area is 131 Å². The van der Waals surface area contributed by atoms with Gasteiger partial charge in [0.05, 0.1) is 6.54 Å². The van der Waals surface area contributed by atoms with E-state index in [1.54, 1.807) is 11.3 Å². The van der Waals surface area contributed by atoms with Gasteiger partial charge in [0.15, 0.2) is 5.96 Å². The number of thiophene rings is 1. The van der Waals surface area contributed by atoms with E-state index in [2.05, 4.69) is 44.3 Å². The van der Waals surface area contributed by atoms with Gasteiger partial charge in [-0.2, -0.15) is 11.3 Å². The van der Waals surface area contributed by atoms with Crippen LogP contribution in [0.15, 0.2) is 21.8 Å². The number of hydrogen-bond donors (Lipinski definition) is 2. The van der Waals surface area contributed by atoms with Gasteiger partial charge in [-0.25, -0.2) is 4.99 Å². The molecule has 0 bridgehead atoms. The third-order valence-corrected chi connectivity index (χ3v) is 5.01. The van der Waals surface area contributed by atoms with Crippen LogP contribution in [-0.4, -0.2) is 43.1 Å². The SMILES string of the molecule is CCNC(=NCc1ccsc1)NCC1CCN(C2CC2)C1. The first kappa shape index (κ1) is 14.9. The molecule has 1 unspecified atom stereocenters. The van der Waals surface area contributed by atoms with Gasteiger partial charge in [0.1, 0.15) is 0 Å². The van der Waals surface area contributed by atoms with Crippen LogP contribution < -0.4 is 10.6 Å². The highest BCUT2D eigenvalue weighted by Crippen LogP contribution is 2.31. The number of likely N-dealkylation sites (tertiary alicyclic amines) is 1. The van der Waals surface area contributed by atoms with Crippen molar-refractivity contribution in [2.24, 2.45) is 10.9 Å². The summed E-state index contributed by atoms with van der Waals surface area (Å²) in [5.41, 5.74) is 1.29. The first-order valence-electron chi connectivity index (χ1n) is 8.12.